The summed E-state index contributed by atoms with van der Waals surface area (Å²) < 4.78 is 20.0. The molecule has 2 aromatic rings. The number of hydrogen-bond acceptors (Lipinski definition) is 3. The summed E-state index contributed by atoms with van der Waals surface area (Å²) in [5.41, 5.74) is 0.950. The Kier molecular flexibility index (Phi) is 6.21. The van der Waals surface area contributed by atoms with Gasteiger partial charge in [-0.05, 0) is 52.7 Å². The Bertz CT molecular complexity index is 587. The predicted molar refractivity (Wildman–Crippen MR) is 89.7 cm³/mol. The first-order valence-corrected chi connectivity index (χ1v) is 8.61. The third kappa shape index (κ3) is 4.53. The molecule has 0 spiro atoms. The quantitative estimate of drug-likeness (QED) is 0.743. The Morgan fingerprint density at radius 2 is 2.19 bits per heavy atom. The lowest BCUT2D eigenvalue weighted by Gasteiger charge is -2.19. The standard InChI is InChI=1S/C16H19BrFNOS/c1-3-6-19-15(9-13-8-12(17)10-21-13)11-4-5-16(20-2)14(18)7-11/h4-5,7-8,10,15,19H,3,6,9H2,1-2H3. The van der Waals surface area contributed by atoms with Crippen LogP contribution >= 0.6 is 27.3 Å². The van der Waals surface area contributed by atoms with Gasteiger partial charge in [-0.2, -0.15) is 0 Å². The Morgan fingerprint density at radius 1 is 1.38 bits per heavy atom. The van der Waals surface area contributed by atoms with E-state index in [2.05, 4.69) is 39.6 Å². The van der Waals surface area contributed by atoms with Crippen molar-refractivity contribution in [2.24, 2.45) is 0 Å². The zero-order chi connectivity index (χ0) is 15.2. The highest BCUT2D eigenvalue weighted by atomic mass is 79.9. The van der Waals surface area contributed by atoms with Crippen LogP contribution in [0.5, 0.6) is 5.75 Å². The van der Waals surface area contributed by atoms with Gasteiger partial charge in [0.05, 0.1) is 7.11 Å². The summed E-state index contributed by atoms with van der Waals surface area (Å²) in [6.07, 6.45) is 1.89. The van der Waals surface area contributed by atoms with E-state index >= 15 is 0 Å². The van der Waals surface area contributed by atoms with Crippen LogP contribution in [0.3, 0.4) is 0 Å². The first-order chi connectivity index (χ1) is 10.1. The van der Waals surface area contributed by atoms with Gasteiger partial charge in [0.25, 0.3) is 0 Å². The lowest BCUT2D eigenvalue weighted by molar-refractivity contribution is 0.385. The number of benzene rings is 1. The molecule has 0 saturated heterocycles. The molecule has 1 aromatic heterocycles. The van der Waals surface area contributed by atoms with Crippen molar-refractivity contribution in [2.45, 2.75) is 25.8 Å². The monoisotopic (exact) mass is 371 g/mol. The third-order valence-corrected chi connectivity index (χ3v) is 4.97. The van der Waals surface area contributed by atoms with E-state index in [4.69, 9.17) is 4.74 Å². The first-order valence-electron chi connectivity index (χ1n) is 6.93. The zero-order valence-electron chi connectivity index (χ0n) is 12.2. The van der Waals surface area contributed by atoms with Crippen LogP contribution in [0, 0.1) is 5.82 Å². The Morgan fingerprint density at radius 3 is 2.76 bits per heavy atom. The van der Waals surface area contributed by atoms with Crippen LogP contribution in [0.4, 0.5) is 4.39 Å². The lowest BCUT2D eigenvalue weighted by Crippen LogP contribution is -2.24. The van der Waals surface area contributed by atoms with Gasteiger partial charge in [-0.25, -0.2) is 4.39 Å². The summed E-state index contributed by atoms with van der Waals surface area (Å²) >= 11 is 5.19. The molecule has 21 heavy (non-hydrogen) atoms. The SMILES string of the molecule is CCCNC(Cc1cc(Br)cs1)c1ccc(OC)c(F)c1. The Labute approximate surface area is 137 Å². The molecule has 0 bridgehead atoms. The number of nitrogens with one attached hydrogen (secondary N) is 1. The smallest absolute Gasteiger partial charge is 0.165 e. The van der Waals surface area contributed by atoms with E-state index in [1.807, 2.05) is 6.07 Å². The van der Waals surface area contributed by atoms with Crippen molar-refractivity contribution in [3.63, 3.8) is 0 Å². The molecule has 2 rings (SSSR count). The van der Waals surface area contributed by atoms with Crippen LogP contribution in [-0.2, 0) is 6.42 Å². The van der Waals surface area contributed by atoms with Crippen LogP contribution < -0.4 is 10.1 Å². The summed E-state index contributed by atoms with van der Waals surface area (Å²) in [6.45, 7) is 3.03. The van der Waals surface area contributed by atoms with Crippen molar-refractivity contribution in [3.8, 4) is 5.75 Å². The van der Waals surface area contributed by atoms with Crippen molar-refractivity contribution in [2.75, 3.05) is 13.7 Å². The van der Waals surface area contributed by atoms with Gasteiger partial charge >= 0.3 is 0 Å². The Hall–Kier alpha value is -0.910. The number of halogens is 2. The van der Waals surface area contributed by atoms with Gasteiger partial charge in [0.1, 0.15) is 0 Å². The highest BCUT2D eigenvalue weighted by Crippen LogP contribution is 2.28. The van der Waals surface area contributed by atoms with E-state index in [0.29, 0.717) is 0 Å². The average Bonchev–Trinajstić information content (AvgIpc) is 2.88. The predicted octanol–water partition coefficient (Wildman–Crippen LogP) is 4.94. The normalized spacial score (nSPS) is 12.4. The number of thiophene rings is 1. The van der Waals surface area contributed by atoms with E-state index in [9.17, 15) is 4.39 Å². The molecule has 0 radical (unpaired) electrons. The van der Waals surface area contributed by atoms with Crippen LogP contribution in [-0.4, -0.2) is 13.7 Å². The molecule has 5 heteroatoms. The van der Waals surface area contributed by atoms with Gasteiger partial charge in [-0.3, -0.25) is 0 Å². The van der Waals surface area contributed by atoms with Gasteiger partial charge in [-0.15, -0.1) is 11.3 Å². The molecule has 1 aromatic carbocycles. The molecule has 0 aliphatic carbocycles. The fraction of sp³-hybridized carbons (Fsp3) is 0.375. The topological polar surface area (TPSA) is 21.3 Å². The fourth-order valence-corrected chi connectivity index (χ4v) is 3.69. The molecule has 0 aliphatic rings. The molecular weight excluding hydrogens is 353 g/mol. The summed E-state index contributed by atoms with van der Waals surface area (Å²) in [7, 11) is 1.48. The fourth-order valence-electron chi connectivity index (χ4n) is 2.19. The van der Waals surface area contributed by atoms with Gasteiger partial charge in [0, 0.05) is 27.2 Å². The molecule has 0 amide bonds. The number of methoxy groups -OCH3 is 1. The van der Waals surface area contributed by atoms with Crippen molar-refractivity contribution >= 4 is 27.3 Å². The van der Waals surface area contributed by atoms with Crippen LogP contribution in [0.15, 0.2) is 34.1 Å². The van der Waals surface area contributed by atoms with E-state index in [1.54, 1.807) is 23.5 Å². The second-order valence-electron chi connectivity index (χ2n) is 4.84. The number of hydrogen-bond donors (Lipinski definition) is 1. The van der Waals surface area contributed by atoms with Gasteiger partial charge in [-0.1, -0.05) is 13.0 Å². The molecule has 2 nitrogen and oxygen atoms in total. The lowest BCUT2D eigenvalue weighted by atomic mass is 10.0. The Balaban J connectivity index is 2.20. The molecule has 0 fully saturated rings. The number of ether oxygens (including phenoxy) is 1. The highest BCUT2D eigenvalue weighted by Gasteiger charge is 2.15. The maximum Gasteiger partial charge on any atom is 0.165 e. The largest absolute Gasteiger partial charge is 0.494 e. The summed E-state index contributed by atoms with van der Waals surface area (Å²) in [4.78, 5) is 1.27. The zero-order valence-corrected chi connectivity index (χ0v) is 14.6. The van der Waals surface area contributed by atoms with Crippen molar-refractivity contribution in [1.82, 2.24) is 5.32 Å². The van der Waals surface area contributed by atoms with Crippen LogP contribution in [0.2, 0.25) is 0 Å². The molecule has 0 saturated carbocycles. The second kappa shape index (κ2) is 7.92. The first kappa shape index (κ1) is 16.5. The maximum atomic E-state index is 13.9. The van der Waals surface area contributed by atoms with Gasteiger partial charge < -0.3 is 10.1 Å². The van der Waals surface area contributed by atoms with Crippen LogP contribution in [0.25, 0.3) is 0 Å². The van der Waals surface area contributed by atoms with Gasteiger partial charge in [0.15, 0.2) is 11.6 Å². The molecule has 1 heterocycles. The van der Waals surface area contributed by atoms with Crippen LogP contribution in [0.1, 0.15) is 29.8 Å². The van der Waals surface area contributed by atoms with E-state index in [0.717, 1.165) is 29.4 Å². The maximum absolute atomic E-state index is 13.9. The number of rotatable bonds is 7. The van der Waals surface area contributed by atoms with Gasteiger partial charge in [0.2, 0.25) is 0 Å². The minimum Gasteiger partial charge on any atom is -0.494 e. The highest BCUT2D eigenvalue weighted by molar-refractivity contribution is 9.10. The van der Waals surface area contributed by atoms with Crippen molar-refractivity contribution in [1.29, 1.82) is 0 Å². The minimum atomic E-state index is -0.314. The van der Waals surface area contributed by atoms with Crippen molar-refractivity contribution in [3.05, 3.63) is 50.4 Å². The summed E-state index contributed by atoms with van der Waals surface area (Å²) in [5.74, 6) is -0.0301. The molecule has 0 aliphatic heterocycles. The van der Waals surface area contributed by atoms with Crippen molar-refractivity contribution < 1.29 is 9.13 Å². The minimum absolute atomic E-state index is 0.107. The summed E-state index contributed by atoms with van der Waals surface area (Å²) in [5, 5.41) is 5.56. The third-order valence-electron chi connectivity index (χ3n) is 3.25. The second-order valence-corrected chi connectivity index (χ2v) is 6.75. The summed E-state index contributed by atoms with van der Waals surface area (Å²) in [6, 6.07) is 7.41. The van der Waals surface area contributed by atoms with E-state index < -0.39 is 0 Å². The molecule has 1 atom stereocenters. The molecular formula is C16H19BrFNOS. The molecule has 114 valence electrons. The molecule has 1 unspecified atom stereocenters. The van der Waals surface area contributed by atoms with E-state index in [-0.39, 0.29) is 17.6 Å². The van der Waals surface area contributed by atoms with E-state index in [1.165, 1.54) is 12.0 Å². The molecule has 1 N–H and O–H groups in total. The average molecular weight is 372 g/mol.